The highest BCUT2D eigenvalue weighted by molar-refractivity contribution is 5.71. The molecule has 0 saturated carbocycles. The number of hydrogen-bond donors (Lipinski definition) is 1. The lowest BCUT2D eigenvalue weighted by Gasteiger charge is -2.25. The minimum Gasteiger partial charge on any atom is -0.465 e. The van der Waals surface area contributed by atoms with E-state index in [1.54, 1.807) is 7.11 Å². The molecule has 6 nitrogen and oxygen atoms in total. The van der Waals surface area contributed by atoms with Gasteiger partial charge < -0.3 is 19.5 Å². The molecule has 0 aromatic carbocycles. The summed E-state index contributed by atoms with van der Waals surface area (Å²) in [5, 5.41) is 3.24. The van der Waals surface area contributed by atoms with Gasteiger partial charge in [-0.1, -0.05) is 0 Å². The van der Waals surface area contributed by atoms with Gasteiger partial charge in [0.15, 0.2) is 0 Å². The minimum absolute atomic E-state index is 0.145. The van der Waals surface area contributed by atoms with Crippen LogP contribution in [-0.2, 0) is 19.0 Å². The van der Waals surface area contributed by atoms with Crippen molar-refractivity contribution in [3.8, 4) is 0 Å². The van der Waals surface area contributed by atoms with E-state index in [2.05, 4.69) is 10.2 Å². The molecule has 18 heavy (non-hydrogen) atoms. The summed E-state index contributed by atoms with van der Waals surface area (Å²) >= 11 is 0. The standard InChI is InChI=1S/C12H24N2O4/c1-16-9-10-17-7-2-8-18-12(15)11-14-5-3-13-4-6-14/h13H,2-11H2,1H3. The topological polar surface area (TPSA) is 60.0 Å². The molecule has 1 aliphatic heterocycles. The predicted molar refractivity (Wildman–Crippen MR) is 67.6 cm³/mol. The number of rotatable bonds is 9. The lowest BCUT2D eigenvalue weighted by molar-refractivity contribution is -0.145. The van der Waals surface area contributed by atoms with Crippen LogP contribution in [0, 0.1) is 0 Å². The molecule has 1 rings (SSSR count). The third-order valence-electron chi connectivity index (χ3n) is 2.69. The first kappa shape index (κ1) is 15.4. The fourth-order valence-corrected chi connectivity index (χ4v) is 1.69. The molecular formula is C12H24N2O4. The molecule has 0 bridgehead atoms. The van der Waals surface area contributed by atoms with Gasteiger partial charge in [-0.25, -0.2) is 0 Å². The monoisotopic (exact) mass is 260 g/mol. The van der Waals surface area contributed by atoms with Crippen molar-refractivity contribution in [3.63, 3.8) is 0 Å². The molecule has 1 N–H and O–H groups in total. The highest BCUT2D eigenvalue weighted by Crippen LogP contribution is 1.94. The number of carbonyl (C=O) groups is 1. The molecule has 0 atom stereocenters. The molecule has 6 heteroatoms. The van der Waals surface area contributed by atoms with E-state index in [0.717, 1.165) is 32.6 Å². The number of piperazine rings is 1. The van der Waals surface area contributed by atoms with Crippen LogP contribution in [0.15, 0.2) is 0 Å². The number of ether oxygens (including phenoxy) is 3. The second-order valence-electron chi connectivity index (χ2n) is 4.21. The molecule has 0 radical (unpaired) electrons. The Morgan fingerprint density at radius 1 is 1.17 bits per heavy atom. The maximum Gasteiger partial charge on any atom is 0.320 e. The van der Waals surface area contributed by atoms with Gasteiger partial charge in [0.2, 0.25) is 0 Å². The molecule has 0 spiro atoms. The van der Waals surface area contributed by atoms with Gasteiger partial charge in [-0.05, 0) is 0 Å². The fraction of sp³-hybridized carbons (Fsp3) is 0.917. The first-order valence-electron chi connectivity index (χ1n) is 6.48. The number of carbonyl (C=O) groups excluding carboxylic acids is 1. The SMILES string of the molecule is COCCOCCCOC(=O)CN1CCNCC1. The molecule has 0 aliphatic carbocycles. The molecule has 106 valence electrons. The van der Waals surface area contributed by atoms with Gasteiger partial charge in [-0.2, -0.15) is 0 Å². The van der Waals surface area contributed by atoms with E-state index in [4.69, 9.17) is 14.2 Å². The third-order valence-corrected chi connectivity index (χ3v) is 2.69. The Kier molecular flexibility index (Phi) is 8.75. The van der Waals surface area contributed by atoms with Crippen LogP contribution < -0.4 is 5.32 Å². The Balaban J connectivity index is 1.90. The number of nitrogens with one attached hydrogen (secondary N) is 1. The molecule has 1 saturated heterocycles. The van der Waals surface area contributed by atoms with Gasteiger partial charge in [0.25, 0.3) is 0 Å². The minimum atomic E-state index is -0.145. The molecular weight excluding hydrogens is 236 g/mol. The van der Waals surface area contributed by atoms with E-state index in [1.807, 2.05) is 0 Å². The first-order valence-corrected chi connectivity index (χ1v) is 6.48. The van der Waals surface area contributed by atoms with Crippen molar-refractivity contribution in [1.82, 2.24) is 10.2 Å². The van der Waals surface area contributed by atoms with Crippen molar-refractivity contribution in [3.05, 3.63) is 0 Å². The molecule has 0 aromatic rings. The van der Waals surface area contributed by atoms with Crippen molar-refractivity contribution < 1.29 is 19.0 Å². The van der Waals surface area contributed by atoms with Gasteiger partial charge >= 0.3 is 5.97 Å². The summed E-state index contributed by atoms with van der Waals surface area (Å²) in [6.45, 7) is 6.33. The van der Waals surface area contributed by atoms with Crippen LogP contribution in [0.3, 0.4) is 0 Å². The smallest absolute Gasteiger partial charge is 0.320 e. The summed E-state index contributed by atoms with van der Waals surface area (Å²) in [5.74, 6) is -0.145. The number of methoxy groups -OCH3 is 1. The Labute approximate surface area is 109 Å². The molecule has 1 aliphatic rings. The van der Waals surface area contributed by atoms with Crippen LogP contribution in [0.5, 0.6) is 0 Å². The predicted octanol–water partition coefficient (Wildman–Crippen LogP) is -0.512. The Bertz CT molecular complexity index is 220. The highest BCUT2D eigenvalue weighted by atomic mass is 16.5. The van der Waals surface area contributed by atoms with Crippen LogP contribution in [-0.4, -0.2) is 77.1 Å². The highest BCUT2D eigenvalue weighted by Gasteiger charge is 2.13. The Morgan fingerprint density at radius 2 is 1.94 bits per heavy atom. The van der Waals surface area contributed by atoms with Crippen LogP contribution in [0.4, 0.5) is 0 Å². The number of esters is 1. The van der Waals surface area contributed by atoms with Crippen LogP contribution in [0.25, 0.3) is 0 Å². The summed E-state index contributed by atoms with van der Waals surface area (Å²) in [6.07, 6.45) is 0.733. The van der Waals surface area contributed by atoms with Crippen LogP contribution >= 0.6 is 0 Å². The second kappa shape index (κ2) is 10.3. The number of hydrogen-bond acceptors (Lipinski definition) is 6. The summed E-state index contributed by atoms with van der Waals surface area (Å²) in [6, 6.07) is 0. The molecule has 0 amide bonds. The summed E-state index contributed by atoms with van der Waals surface area (Å²) in [4.78, 5) is 13.6. The summed E-state index contributed by atoms with van der Waals surface area (Å²) in [7, 11) is 1.64. The van der Waals surface area contributed by atoms with Crippen molar-refractivity contribution >= 4 is 5.97 Å². The van der Waals surface area contributed by atoms with Gasteiger partial charge in [-0.15, -0.1) is 0 Å². The summed E-state index contributed by atoms with van der Waals surface area (Å²) < 4.78 is 15.3. The van der Waals surface area contributed by atoms with Gasteiger partial charge in [0.05, 0.1) is 26.4 Å². The zero-order valence-electron chi connectivity index (χ0n) is 11.2. The zero-order chi connectivity index (χ0) is 13.1. The van der Waals surface area contributed by atoms with Crippen LogP contribution in [0.1, 0.15) is 6.42 Å². The van der Waals surface area contributed by atoms with Crippen molar-refractivity contribution in [2.75, 3.05) is 66.3 Å². The largest absolute Gasteiger partial charge is 0.465 e. The lowest BCUT2D eigenvalue weighted by Crippen LogP contribution is -2.45. The average molecular weight is 260 g/mol. The summed E-state index contributed by atoms with van der Waals surface area (Å²) in [5.41, 5.74) is 0. The normalized spacial score (nSPS) is 16.7. The quantitative estimate of drug-likeness (QED) is 0.445. The first-order chi connectivity index (χ1) is 8.83. The molecule has 1 heterocycles. The Morgan fingerprint density at radius 3 is 2.67 bits per heavy atom. The maximum atomic E-state index is 11.5. The average Bonchev–Trinajstić information content (AvgIpc) is 2.39. The van der Waals surface area contributed by atoms with Crippen LogP contribution in [0.2, 0.25) is 0 Å². The molecule has 0 aromatic heterocycles. The lowest BCUT2D eigenvalue weighted by atomic mass is 10.3. The van der Waals surface area contributed by atoms with Crippen molar-refractivity contribution in [1.29, 1.82) is 0 Å². The fourth-order valence-electron chi connectivity index (χ4n) is 1.69. The van der Waals surface area contributed by atoms with Gasteiger partial charge in [0.1, 0.15) is 0 Å². The van der Waals surface area contributed by atoms with E-state index in [0.29, 0.717) is 33.0 Å². The number of nitrogens with zero attached hydrogens (tertiary/aromatic N) is 1. The second-order valence-corrected chi connectivity index (χ2v) is 4.21. The Hall–Kier alpha value is -0.690. The van der Waals surface area contributed by atoms with E-state index < -0.39 is 0 Å². The van der Waals surface area contributed by atoms with E-state index in [1.165, 1.54) is 0 Å². The molecule has 1 fully saturated rings. The van der Waals surface area contributed by atoms with E-state index in [9.17, 15) is 4.79 Å². The van der Waals surface area contributed by atoms with E-state index in [-0.39, 0.29) is 5.97 Å². The maximum absolute atomic E-state index is 11.5. The molecule has 0 unspecified atom stereocenters. The zero-order valence-corrected chi connectivity index (χ0v) is 11.2. The third kappa shape index (κ3) is 7.60. The van der Waals surface area contributed by atoms with Crippen molar-refractivity contribution in [2.45, 2.75) is 6.42 Å². The van der Waals surface area contributed by atoms with E-state index >= 15 is 0 Å². The van der Waals surface area contributed by atoms with Crippen molar-refractivity contribution in [2.24, 2.45) is 0 Å². The van der Waals surface area contributed by atoms with Gasteiger partial charge in [0, 0.05) is 46.3 Å². The van der Waals surface area contributed by atoms with Gasteiger partial charge in [-0.3, -0.25) is 9.69 Å².